The number of methoxy groups -OCH3 is 1. The second-order valence-electron chi connectivity index (χ2n) is 4.71. The molecule has 1 saturated carbocycles. The van der Waals surface area contributed by atoms with Crippen molar-refractivity contribution in [1.82, 2.24) is 4.90 Å². The topological polar surface area (TPSA) is 29.5 Å². The first-order chi connectivity index (χ1) is 7.13. The molecule has 0 aromatic heterocycles. The predicted molar refractivity (Wildman–Crippen MR) is 60.7 cm³/mol. The zero-order valence-electron chi connectivity index (χ0n) is 10.2. The number of nitrogens with zero attached hydrogens (tertiary/aromatic N) is 1. The highest BCUT2D eigenvalue weighted by Gasteiger charge is 2.25. The van der Waals surface area contributed by atoms with E-state index in [1.807, 2.05) is 0 Å². The lowest BCUT2D eigenvalue weighted by atomic mass is 10.2. The Labute approximate surface area is 92.8 Å². The number of carbonyl (C=O) groups is 1. The molecule has 0 atom stereocenters. The van der Waals surface area contributed by atoms with Gasteiger partial charge in [-0.3, -0.25) is 4.79 Å². The number of hydrogen-bond donors (Lipinski definition) is 0. The van der Waals surface area contributed by atoms with Crippen LogP contribution in [-0.2, 0) is 9.53 Å². The summed E-state index contributed by atoms with van der Waals surface area (Å²) in [6.45, 7) is 6.67. The Hall–Kier alpha value is -0.570. The van der Waals surface area contributed by atoms with E-state index in [9.17, 15) is 4.79 Å². The summed E-state index contributed by atoms with van der Waals surface area (Å²) in [4.78, 5) is 13.4. The van der Waals surface area contributed by atoms with Crippen LogP contribution in [0.5, 0.6) is 0 Å². The molecule has 88 valence electrons. The van der Waals surface area contributed by atoms with Crippen LogP contribution in [0.4, 0.5) is 0 Å². The molecule has 3 heteroatoms. The summed E-state index contributed by atoms with van der Waals surface area (Å²) in [6, 6.07) is 0.586. The monoisotopic (exact) mass is 213 g/mol. The van der Waals surface area contributed by atoms with Crippen molar-refractivity contribution < 1.29 is 9.53 Å². The Morgan fingerprint density at radius 1 is 1.47 bits per heavy atom. The van der Waals surface area contributed by atoms with Crippen molar-refractivity contribution in [2.75, 3.05) is 20.2 Å². The molecule has 0 aromatic carbocycles. The Morgan fingerprint density at radius 2 is 2.13 bits per heavy atom. The standard InChI is InChI=1S/C12H23NO2/c1-10(2)13(9-11-6-7-11)8-4-5-12(14)15-3/h10-11H,4-9H2,1-3H3. The molecule has 1 aliphatic rings. The molecule has 0 heterocycles. The van der Waals surface area contributed by atoms with Crippen LogP contribution in [0.1, 0.15) is 39.5 Å². The van der Waals surface area contributed by atoms with E-state index in [2.05, 4.69) is 23.5 Å². The second kappa shape index (κ2) is 6.11. The van der Waals surface area contributed by atoms with Crippen LogP contribution in [0.25, 0.3) is 0 Å². The van der Waals surface area contributed by atoms with Gasteiger partial charge in [-0.2, -0.15) is 0 Å². The molecule has 1 rings (SSSR count). The molecule has 3 nitrogen and oxygen atoms in total. The molecule has 1 fully saturated rings. The van der Waals surface area contributed by atoms with Crippen LogP contribution >= 0.6 is 0 Å². The van der Waals surface area contributed by atoms with Gasteiger partial charge in [-0.05, 0) is 45.6 Å². The van der Waals surface area contributed by atoms with E-state index in [4.69, 9.17) is 0 Å². The largest absolute Gasteiger partial charge is 0.469 e. The summed E-state index contributed by atoms with van der Waals surface area (Å²) in [6.07, 6.45) is 4.24. The van der Waals surface area contributed by atoms with Crippen molar-refractivity contribution in [3.05, 3.63) is 0 Å². The van der Waals surface area contributed by atoms with E-state index in [1.54, 1.807) is 0 Å². The first-order valence-corrected chi connectivity index (χ1v) is 5.94. The summed E-state index contributed by atoms with van der Waals surface area (Å²) in [5.74, 6) is 0.829. The van der Waals surface area contributed by atoms with Crippen molar-refractivity contribution in [2.45, 2.75) is 45.6 Å². The lowest BCUT2D eigenvalue weighted by molar-refractivity contribution is -0.140. The Bertz CT molecular complexity index is 200. The maximum atomic E-state index is 11.0. The molecule has 1 aliphatic carbocycles. The molecule has 0 unspecified atom stereocenters. The van der Waals surface area contributed by atoms with Crippen LogP contribution in [-0.4, -0.2) is 37.1 Å². The smallest absolute Gasteiger partial charge is 0.305 e. The fourth-order valence-corrected chi connectivity index (χ4v) is 1.72. The van der Waals surface area contributed by atoms with E-state index in [-0.39, 0.29) is 5.97 Å². The minimum atomic E-state index is -0.0925. The molecular formula is C12H23NO2. The van der Waals surface area contributed by atoms with Crippen LogP contribution in [0, 0.1) is 5.92 Å². The highest BCUT2D eigenvalue weighted by Crippen LogP contribution is 2.30. The van der Waals surface area contributed by atoms with Gasteiger partial charge in [0.1, 0.15) is 0 Å². The molecule has 0 aliphatic heterocycles. The van der Waals surface area contributed by atoms with E-state index in [1.165, 1.54) is 26.5 Å². The van der Waals surface area contributed by atoms with E-state index < -0.39 is 0 Å². The molecule has 0 radical (unpaired) electrons. The molecule has 0 bridgehead atoms. The van der Waals surface area contributed by atoms with Crippen LogP contribution in [0.2, 0.25) is 0 Å². The van der Waals surface area contributed by atoms with Gasteiger partial charge >= 0.3 is 5.97 Å². The Morgan fingerprint density at radius 3 is 2.60 bits per heavy atom. The SMILES string of the molecule is COC(=O)CCCN(CC1CC1)C(C)C. The van der Waals surface area contributed by atoms with Crippen molar-refractivity contribution in [2.24, 2.45) is 5.92 Å². The van der Waals surface area contributed by atoms with E-state index in [0.29, 0.717) is 12.5 Å². The van der Waals surface area contributed by atoms with Gasteiger partial charge in [0.2, 0.25) is 0 Å². The fourth-order valence-electron chi connectivity index (χ4n) is 1.72. The molecule has 0 saturated heterocycles. The molecule has 15 heavy (non-hydrogen) atoms. The third kappa shape index (κ3) is 5.17. The summed E-state index contributed by atoms with van der Waals surface area (Å²) >= 11 is 0. The second-order valence-corrected chi connectivity index (χ2v) is 4.71. The van der Waals surface area contributed by atoms with Crippen molar-refractivity contribution in [3.8, 4) is 0 Å². The van der Waals surface area contributed by atoms with Crippen molar-refractivity contribution in [1.29, 1.82) is 0 Å². The van der Waals surface area contributed by atoms with Gasteiger partial charge < -0.3 is 9.64 Å². The van der Waals surface area contributed by atoms with Gasteiger partial charge in [-0.1, -0.05) is 0 Å². The maximum absolute atomic E-state index is 11.0. The highest BCUT2D eigenvalue weighted by atomic mass is 16.5. The highest BCUT2D eigenvalue weighted by molar-refractivity contribution is 5.69. The lowest BCUT2D eigenvalue weighted by Gasteiger charge is -2.26. The average Bonchev–Trinajstić information content (AvgIpc) is 2.99. The Balaban J connectivity index is 2.15. The minimum absolute atomic E-state index is 0.0925. The van der Waals surface area contributed by atoms with Crippen LogP contribution in [0.3, 0.4) is 0 Å². The summed E-state index contributed by atoms with van der Waals surface area (Å²) in [5, 5.41) is 0. The predicted octanol–water partition coefficient (Wildman–Crippen LogP) is 2.06. The first-order valence-electron chi connectivity index (χ1n) is 5.94. The summed E-state index contributed by atoms with van der Waals surface area (Å²) in [5.41, 5.74) is 0. The summed E-state index contributed by atoms with van der Waals surface area (Å²) < 4.78 is 4.63. The quantitative estimate of drug-likeness (QED) is 0.606. The number of carbonyl (C=O) groups excluding carboxylic acids is 1. The van der Waals surface area contributed by atoms with Gasteiger partial charge in [0, 0.05) is 19.0 Å². The third-order valence-electron chi connectivity index (χ3n) is 2.97. The van der Waals surface area contributed by atoms with Crippen molar-refractivity contribution >= 4 is 5.97 Å². The zero-order chi connectivity index (χ0) is 11.3. The van der Waals surface area contributed by atoms with E-state index in [0.717, 1.165) is 18.9 Å². The number of esters is 1. The fraction of sp³-hybridized carbons (Fsp3) is 0.917. The van der Waals surface area contributed by atoms with Gasteiger partial charge in [0.25, 0.3) is 0 Å². The number of ether oxygens (including phenoxy) is 1. The van der Waals surface area contributed by atoms with Gasteiger partial charge in [0.15, 0.2) is 0 Å². The maximum Gasteiger partial charge on any atom is 0.305 e. The zero-order valence-corrected chi connectivity index (χ0v) is 10.2. The molecule has 0 spiro atoms. The normalized spacial score (nSPS) is 16.1. The van der Waals surface area contributed by atoms with Crippen molar-refractivity contribution in [3.63, 3.8) is 0 Å². The molecule has 0 amide bonds. The minimum Gasteiger partial charge on any atom is -0.469 e. The number of rotatable bonds is 7. The van der Waals surface area contributed by atoms with Crippen LogP contribution < -0.4 is 0 Å². The van der Waals surface area contributed by atoms with Gasteiger partial charge in [-0.15, -0.1) is 0 Å². The number of hydrogen-bond acceptors (Lipinski definition) is 3. The molecule has 0 aromatic rings. The average molecular weight is 213 g/mol. The van der Waals surface area contributed by atoms with Gasteiger partial charge in [0.05, 0.1) is 7.11 Å². The Kier molecular flexibility index (Phi) is 5.09. The first kappa shape index (κ1) is 12.5. The van der Waals surface area contributed by atoms with E-state index >= 15 is 0 Å². The molecule has 0 N–H and O–H groups in total. The lowest BCUT2D eigenvalue weighted by Crippen LogP contribution is -2.34. The van der Waals surface area contributed by atoms with Gasteiger partial charge in [-0.25, -0.2) is 0 Å². The third-order valence-corrected chi connectivity index (χ3v) is 2.97. The van der Waals surface area contributed by atoms with Crippen LogP contribution in [0.15, 0.2) is 0 Å². The summed E-state index contributed by atoms with van der Waals surface area (Å²) in [7, 11) is 1.45. The molecular weight excluding hydrogens is 190 g/mol.